The van der Waals surface area contributed by atoms with Crippen LogP contribution in [0.5, 0.6) is 5.75 Å². The van der Waals surface area contributed by atoms with Gasteiger partial charge in [-0.15, -0.1) is 0 Å². The van der Waals surface area contributed by atoms with E-state index in [2.05, 4.69) is 0 Å². The average molecular weight is 275 g/mol. The van der Waals surface area contributed by atoms with Crippen molar-refractivity contribution in [2.24, 2.45) is 0 Å². The summed E-state index contributed by atoms with van der Waals surface area (Å²) in [6.45, 7) is -4.41. The number of rotatable bonds is 2. The molecule has 0 saturated heterocycles. The van der Waals surface area contributed by atoms with E-state index in [1.54, 1.807) is 6.07 Å². The van der Waals surface area contributed by atoms with Gasteiger partial charge in [0.1, 0.15) is 5.75 Å². The van der Waals surface area contributed by atoms with Crippen molar-refractivity contribution in [1.29, 1.82) is 0 Å². The second-order valence-electron chi connectivity index (χ2n) is 3.57. The number of hydrogen-bond acceptors (Lipinski definition) is 1. The third kappa shape index (κ3) is 3.65. The van der Waals surface area contributed by atoms with Gasteiger partial charge in [-0.25, -0.2) is 0 Å². The van der Waals surface area contributed by atoms with Crippen molar-refractivity contribution in [2.75, 3.05) is 6.61 Å². The molecular weight excluding hydrogens is 266 g/mol. The molecular formula is C9H8BClF3KO. The van der Waals surface area contributed by atoms with Gasteiger partial charge in [0, 0.05) is 11.4 Å². The van der Waals surface area contributed by atoms with Crippen LogP contribution >= 0.6 is 11.6 Å². The molecule has 0 radical (unpaired) electrons. The van der Waals surface area contributed by atoms with Crippen LogP contribution in [0, 0.1) is 0 Å². The molecule has 82 valence electrons. The maximum atomic E-state index is 12.3. The smallest absolute Gasteiger partial charge is 0.493 e. The van der Waals surface area contributed by atoms with Crippen molar-refractivity contribution < 1.29 is 69.1 Å². The molecule has 0 fully saturated rings. The number of benzene rings is 1. The quantitative estimate of drug-likeness (QED) is 0.701. The normalized spacial score (nSPS) is 14.0. The SMILES string of the molecule is F[B-](F)(F)Cc1cc(Cl)cc2c1OCC2.[K+]. The minimum absolute atomic E-state index is 0. The Morgan fingerprint density at radius 2 is 2.00 bits per heavy atom. The third-order valence-corrected chi connectivity index (χ3v) is 2.49. The summed E-state index contributed by atoms with van der Waals surface area (Å²) in [6.07, 6.45) is -0.295. The van der Waals surface area contributed by atoms with Crippen molar-refractivity contribution in [1.82, 2.24) is 0 Å². The van der Waals surface area contributed by atoms with E-state index in [9.17, 15) is 12.9 Å². The molecule has 7 heteroatoms. The van der Waals surface area contributed by atoms with Crippen LogP contribution < -0.4 is 56.1 Å². The summed E-state index contributed by atoms with van der Waals surface area (Å²) in [5.74, 6) is 0.374. The molecule has 0 bridgehead atoms. The Labute approximate surface area is 139 Å². The van der Waals surface area contributed by atoms with E-state index in [1.165, 1.54) is 6.07 Å². The molecule has 1 nitrogen and oxygen atoms in total. The number of fused-ring (bicyclic) bond motifs is 1. The van der Waals surface area contributed by atoms with E-state index in [0.717, 1.165) is 5.56 Å². The van der Waals surface area contributed by atoms with Gasteiger partial charge in [0.05, 0.1) is 6.61 Å². The van der Waals surface area contributed by atoms with Crippen molar-refractivity contribution in [2.45, 2.75) is 12.7 Å². The summed E-state index contributed by atoms with van der Waals surface area (Å²) >= 11 is 5.74. The van der Waals surface area contributed by atoms with Gasteiger partial charge in [-0.2, -0.15) is 0 Å². The summed E-state index contributed by atoms with van der Waals surface area (Å²) in [6, 6.07) is 3.00. The number of halogens is 4. The van der Waals surface area contributed by atoms with Crippen molar-refractivity contribution >= 4 is 18.6 Å². The summed E-state index contributed by atoms with van der Waals surface area (Å²) in [5.41, 5.74) is 0.931. The van der Waals surface area contributed by atoms with Crippen molar-refractivity contribution in [3.63, 3.8) is 0 Å². The molecule has 1 aliphatic rings. The Bertz CT molecular complexity index is 397. The van der Waals surface area contributed by atoms with E-state index in [1.807, 2.05) is 0 Å². The van der Waals surface area contributed by atoms with Crippen molar-refractivity contribution in [3.8, 4) is 5.75 Å². The minimum atomic E-state index is -4.85. The molecule has 1 aromatic carbocycles. The van der Waals surface area contributed by atoms with E-state index in [0.29, 0.717) is 23.8 Å². The maximum Gasteiger partial charge on any atom is 1.00 e. The molecule has 1 aliphatic heterocycles. The summed E-state index contributed by atoms with van der Waals surface area (Å²) in [7, 11) is 0. The summed E-state index contributed by atoms with van der Waals surface area (Å²) < 4.78 is 42.1. The standard InChI is InChI=1S/C9H8BClF3O.K/c11-8-3-6-1-2-15-9(6)7(4-8)5-10(12,13)14;/h3-4H,1-2,5H2;/q-1;+1. The molecule has 1 heterocycles. The van der Waals surface area contributed by atoms with E-state index < -0.39 is 13.3 Å². The molecule has 0 amide bonds. The average Bonchev–Trinajstić information content (AvgIpc) is 2.48. The third-order valence-electron chi connectivity index (χ3n) is 2.28. The van der Waals surface area contributed by atoms with Crippen LogP contribution in [0.2, 0.25) is 5.02 Å². The summed E-state index contributed by atoms with van der Waals surface area (Å²) in [5, 5.41) is 0.342. The first-order valence-electron chi connectivity index (χ1n) is 4.61. The van der Waals surface area contributed by atoms with Crippen LogP contribution in [-0.4, -0.2) is 13.6 Å². The first-order valence-corrected chi connectivity index (χ1v) is 4.98. The van der Waals surface area contributed by atoms with Gasteiger partial charge in [0.15, 0.2) is 0 Å². The van der Waals surface area contributed by atoms with Gasteiger partial charge in [-0.3, -0.25) is 0 Å². The monoisotopic (exact) mass is 274 g/mol. The first-order chi connectivity index (χ1) is 6.96. The Balaban J connectivity index is 0.00000128. The fourth-order valence-electron chi connectivity index (χ4n) is 1.75. The van der Waals surface area contributed by atoms with Gasteiger partial charge >= 0.3 is 58.4 Å². The molecule has 0 aromatic heterocycles. The fourth-order valence-corrected chi connectivity index (χ4v) is 2.01. The molecule has 2 rings (SSSR count). The molecule has 0 N–H and O–H groups in total. The number of ether oxygens (including phenoxy) is 1. The van der Waals surface area contributed by atoms with Gasteiger partial charge in [0.2, 0.25) is 0 Å². The Morgan fingerprint density at radius 3 is 2.62 bits per heavy atom. The molecule has 16 heavy (non-hydrogen) atoms. The van der Waals surface area contributed by atoms with E-state index >= 15 is 0 Å². The zero-order chi connectivity index (χ0) is 11.1. The Hall–Kier alpha value is 0.801. The predicted octanol–water partition coefficient (Wildman–Crippen LogP) is 0.208. The Morgan fingerprint density at radius 1 is 1.31 bits per heavy atom. The van der Waals surface area contributed by atoms with Gasteiger partial charge < -0.3 is 17.7 Å². The zero-order valence-electron chi connectivity index (χ0n) is 8.77. The largest absolute Gasteiger partial charge is 1.00 e. The maximum absolute atomic E-state index is 12.3. The molecule has 0 unspecified atom stereocenters. The fraction of sp³-hybridized carbons (Fsp3) is 0.333. The van der Waals surface area contributed by atoms with Crippen LogP contribution in [-0.2, 0) is 12.7 Å². The second-order valence-corrected chi connectivity index (χ2v) is 4.00. The second kappa shape index (κ2) is 5.63. The van der Waals surface area contributed by atoms with Crippen LogP contribution in [0.3, 0.4) is 0 Å². The predicted molar refractivity (Wildman–Crippen MR) is 53.4 cm³/mol. The summed E-state index contributed by atoms with van der Waals surface area (Å²) in [4.78, 5) is 0. The van der Waals surface area contributed by atoms with E-state index in [4.69, 9.17) is 16.3 Å². The molecule has 0 atom stereocenters. The van der Waals surface area contributed by atoms with Crippen LogP contribution in [0.25, 0.3) is 0 Å². The topological polar surface area (TPSA) is 9.23 Å². The molecule has 0 saturated carbocycles. The van der Waals surface area contributed by atoms with Gasteiger partial charge in [0.25, 0.3) is 0 Å². The number of hydrogen-bond donors (Lipinski definition) is 0. The van der Waals surface area contributed by atoms with Crippen LogP contribution in [0.4, 0.5) is 12.9 Å². The first kappa shape index (κ1) is 14.9. The van der Waals surface area contributed by atoms with Crippen LogP contribution in [0.1, 0.15) is 11.1 Å². The van der Waals surface area contributed by atoms with Crippen molar-refractivity contribution in [3.05, 3.63) is 28.3 Å². The van der Waals surface area contributed by atoms with E-state index in [-0.39, 0.29) is 56.9 Å². The minimum Gasteiger partial charge on any atom is -0.493 e. The van der Waals surface area contributed by atoms with Gasteiger partial charge in [-0.05, 0) is 23.3 Å². The van der Waals surface area contributed by atoms with Gasteiger partial charge in [-0.1, -0.05) is 17.9 Å². The molecule has 0 aliphatic carbocycles. The zero-order valence-corrected chi connectivity index (χ0v) is 12.7. The van der Waals surface area contributed by atoms with Crippen LogP contribution in [0.15, 0.2) is 12.1 Å². The molecule has 1 aromatic rings. The Kier molecular flexibility index (Phi) is 5.23. The molecule has 0 spiro atoms.